The molecule has 0 aliphatic carbocycles. The van der Waals surface area contributed by atoms with Crippen LogP contribution in [-0.4, -0.2) is 23.0 Å². The minimum Gasteiger partial charge on any atom is -0.468 e. The predicted octanol–water partition coefficient (Wildman–Crippen LogP) is 1.89. The molecule has 0 spiro atoms. The molecule has 1 rings (SSSR count). The predicted molar refractivity (Wildman–Crippen MR) is 56.8 cm³/mol. The second kappa shape index (κ2) is 4.14. The second-order valence-electron chi connectivity index (χ2n) is 3.78. The molecule has 1 aromatic heterocycles. The van der Waals surface area contributed by atoms with Gasteiger partial charge in [0.25, 0.3) is 0 Å². The fourth-order valence-electron chi connectivity index (χ4n) is 1.21. The number of hydrogen-bond acceptors (Lipinski definition) is 4. The Labute approximate surface area is 93.6 Å². The second-order valence-corrected chi connectivity index (χ2v) is 4.12. The van der Waals surface area contributed by atoms with Crippen molar-refractivity contribution in [3.05, 3.63) is 22.7 Å². The van der Waals surface area contributed by atoms with E-state index in [4.69, 9.17) is 16.3 Å². The van der Waals surface area contributed by atoms with E-state index in [0.29, 0.717) is 5.69 Å². The Bertz CT molecular complexity index is 371. The van der Waals surface area contributed by atoms with Gasteiger partial charge in [-0.05, 0) is 38.4 Å². The smallest absolute Gasteiger partial charge is 0.317 e. The highest BCUT2D eigenvalue weighted by atomic mass is 35.5. The molecule has 1 aromatic rings. The molecule has 15 heavy (non-hydrogen) atoms. The van der Waals surface area contributed by atoms with Crippen LogP contribution >= 0.6 is 11.6 Å². The summed E-state index contributed by atoms with van der Waals surface area (Å²) < 4.78 is 4.71. The third kappa shape index (κ3) is 2.45. The zero-order chi connectivity index (χ0) is 11.6. The van der Waals surface area contributed by atoms with Crippen molar-refractivity contribution in [1.29, 1.82) is 0 Å². The maximum absolute atomic E-state index is 11.5. The molecular weight excluding hydrogens is 216 g/mol. The maximum atomic E-state index is 11.5. The lowest BCUT2D eigenvalue weighted by atomic mass is 9.89. The average Bonchev–Trinajstić information content (AvgIpc) is 2.15. The van der Waals surface area contributed by atoms with E-state index in [2.05, 4.69) is 9.97 Å². The Kier molecular flexibility index (Phi) is 3.29. The van der Waals surface area contributed by atoms with Crippen LogP contribution in [0, 0.1) is 6.92 Å². The largest absolute Gasteiger partial charge is 0.468 e. The Hall–Kier alpha value is -1.16. The monoisotopic (exact) mass is 228 g/mol. The van der Waals surface area contributed by atoms with E-state index in [1.54, 1.807) is 26.8 Å². The van der Waals surface area contributed by atoms with Gasteiger partial charge in [0, 0.05) is 5.69 Å². The number of carbonyl (C=O) groups excluding carboxylic acids is 1. The molecule has 0 amide bonds. The number of aromatic nitrogens is 2. The SMILES string of the molecule is COC(=O)C(C)(C)c1cc(C)nc(Cl)n1. The van der Waals surface area contributed by atoms with E-state index in [1.807, 2.05) is 0 Å². The van der Waals surface area contributed by atoms with Gasteiger partial charge in [-0.25, -0.2) is 9.97 Å². The fourth-order valence-corrected chi connectivity index (χ4v) is 1.44. The lowest BCUT2D eigenvalue weighted by Gasteiger charge is -2.20. The number of nitrogens with zero attached hydrogens (tertiary/aromatic N) is 2. The van der Waals surface area contributed by atoms with Crippen LogP contribution < -0.4 is 0 Å². The van der Waals surface area contributed by atoms with Gasteiger partial charge in [0.15, 0.2) is 0 Å². The van der Waals surface area contributed by atoms with E-state index >= 15 is 0 Å². The van der Waals surface area contributed by atoms with Gasteiger partial charge in [-0.1, -0.05) is 0 Å². The molecular formula is C10H13ClN2O2. The van der Waals surface area contributed by atoms with E-state index in [-0.39, 0.29) is 11.3 Å². The number of ether oxygens (including phenoxy) is 1. The highest BCUT2D eigenvalue weighted by molar-refractivity contribution is 6.28. The standard InChI is InChI=1S/C10H13ClN2O2/c1-6-5-7(13-9(11)12-6)10(2,3)8(14)15-4/h5H,1-4H3. The topological polar surface area (TPSA) is 52.1 Å². The first kappa shape index (κ1) is 11.9. The summed E-state index contributed by atoms with van der Waals surface area (Å²) in [5.74, 6) is -0.350. The van der Waals surface area contributed by atoms with Crippen LogP contribution in [0.4, 0.5) is 0 Å². The van der Waals surface area contributed by atoms with Gasteiger partial charge in [0.2, 0.25) is 5.28 Å². The Balaban J connectivity index is 3.20. The Morgan fingerprint density at radius 1 is 1.47 bits per heavy atom. The third-order valence-corrected chi connectivity index (χ3v) is 2.33. The molecule has 0 unspecified atom stereocenters. The van der Waals surface area contributed by atoms with Gasteiger partial charge >= 0.3 is 5.97 Å². The number of halogens is 1. The summed E-state index contributed by atoms with van der Waals surface area (Å²) in [5.41, 5.74) is 0.473. The molecule has 0 aliphatic heterocycles. The minimum absolute atomic E-state index is 0.141. The molecule has 0 fully saturated rings. The van der Waals surface area contributed by atoms with E-state index in [0.717, 1.165) is 5.69 Å². The normalized spacial score (nSPS) is 11.3. The van der Waals surface area contributed by atoms with Crippen molar-refractivity contribution in [2.45, 2.75) is 26.2 Å². The number of esters is 1. The first-order valence-electron chi connectivity index (χ1n) is 4.48. The summed E-state index contributed by atoms with van der Waals surface area (Å²) in [5, 5.41) is 0.141. The van der Waals surface area contributed by atoms with Crippen molar-refractivity contribution in [2.75, 3.05) is 7.11 Å². The highest BCUT2D eigenvalue weighted by Gasteiger charge is 2.33. The first-order chi connectivity index (χ1) is 6.87. The molecule has 0 bridgehead atoms. The van der Waals surface area contributed by atoms with Gasteiger partial charge in [0.05, 0.1) is 12.8 Å². The van der Waals surface area contributed by atoms with Crippen LogP contribution in [0.5, 0.6) is 0 Å². The molecule has 0 aromatic carbocycles. The van der Waals surface area contributed by atoms with Gasteiger partial charge < -0.3 is 4.74 Å². The zero-order valence-corrected chi connectivity index (χ0v) is 9.92. The zero-order valence-electron chi connectivity index (χ0n) is 9.17. The average molecular weight is 229 g/mol. The number of aryl methyl sites for hydroxylation is 1. The van der Waals surface area contributed by atoms with Gasteiger partial charge in [-0.2, -0.15) is 0 Å². The summed E-state index contributed by atoms with van der Waals surface area (Å²) >= 11 is 5.73. The fraction of sp³-hybridized carbons (Fsp3) is 0.500. The molecule has 0 aliphatic rings. The number of rotatable bonds is 2. The molecule has 4 nitrogen and oxygen atoms in total. The van der Waals surface area contributed by atoms with Crippen molar-refractivity contribution in [3.63, 3.8) is 0 Å². The van der Waals surface area contributed by atoms with Crippen LogP contribution in [0.3, 0.4) is 0 Å². The summed E-state index contributed by atoms with van der Waals surface area (Å²) in [6.07, 6.45) is 0. The van der Waals surface area contributed by atoms with Crippen LogP contribution in [0.15, 0.2) is 6.07 Å². The van der Waals surface area contributed by atoms with E-state index < -0.39 is 5.41 Å². The van der Waals surface area contributed by atoms with Crippen molar-refractivity contribution >= 4 is 17.6 Å². The van der Waals surface area contributed by atoms with Crippen molar-refractivity contribution < 1.29 is 9.53 Å². The molecule has 0 saturated heterocycles. The quantitative estimate of drug-likeness (QED) is 0.573. The summed E-state index contributed by atoms with van der Waals surface area (Å²) in [4.78, 5) is 19.5. The summed E-state index contributed by atoms with van der Waals surface area (Å²) in [6.45, 7) is 5.26. The first-order valence-corrected chi connectivity index (χ1v) is 4.86. The lowest BCUT2D eigenvalue weighted by Crippen LogP contribution is -2.31. The summed E-state index contributed by atoms with van der Waals surface area (Å²) in [7, 11) is 1.35. The van der Waals surface area contributed by atoms with Crippen molar-refractivity contribution in [2.24, 2.45) is 0 Å². The van der Waals surface area contributed by atoms with Crippen LogP contribution in [0.2, 0.25) is 5.28 Å². The highest BCUT2D eigenvalue weighted by Crippen LogP contribution is 2.24. The van der Waals surface area contributed by atoms with Crippen molar-refractivity contribution in [3.8, 4) is 0 Å². The number of carbonyl (C=O) groups is 1. The van der Waals surface area contributed by atoms with Crippen LogP contribution in [0.1, 0.15) is 25.2 Å². The molecule has 82 valence electrons. The van der Waals surface area contributed by atoms with Gasteiger partial charge in [-0.3, -0.25) is 4.79 Å². The molecule has 0 N–H and O–H groups in total. The molecule has 0 saturated carbocycles. The van der Waals surface area contributed by atoms with Gasteiger partial charge in [0.1, 0.15) is 5.41 Å². The third-order valence-electron chi connectivity index (χ3n) is 2.16. The Morgan fingerprint density at radius 3 is 2.53 bits per heavy atom. The number of hydrogen-bond donors (Lipinski definition) is 0. The van der Waals surface area contributed by atoms with E-state index in [9.17, 15) is 4.79 Å². The lowest BCUT2D eigenvalue weighted by molar-refractivity contribution is -0.146. The van der Waals surface area contributed by atoms with Crippen molar-refractivity contribution in [1.82, 2.24) is 9.97 Å². The molecule has 0 radical (unpaired) electrons. The van der Waals surface area contributed by atoms with Gasteiger partial charge in [-0.15, -0.1) is 0 Å². The molecule has 5 heteroatoms. The minimum atomic E-state index is -0.813. The maximum Gasteiger partial charge on any atom is 0.317 e. The Morgan fingerprint density at radius 2 is 2.07 bits per heavy atom. The number of methoxy groups -OCH3 is 1. The van der Waals surface area contributed by atoms with Crippen LogP contribution in [0.25, 0.3) is 0 Å². The molecule has 0 atom stereocenters. The summed E-state index contributed by atoms with van der Waals surface area (Å²) in [6, 6.07) is 1.72. The van der Waals surface area contributed by atoms with E-state index in [1.165, 1.54) is 7.11 Å². The van der Waals surface area contributed by atoms with Crippen LogP contribution in [-0.2, 0) is 14.9 Å². The molecule has 1 heterocycles.